The number of hydrogen-bond acceptors (Lipinski definition) is 1. The Balaban J connectivity index is 3.50. The third kappa shape index (κ3) is 8.15. The van der Waals surface area contributed by atoms with Crippen LogP contribution < -0.4 is 5.32 Å². The van der Waals surface area contributed by atoms with Gasteiger partial charge in [-0.2, -0.15) is 0 Å². The molecule has 0 aromatic rings. The van der Waals surface area contributed by atoms with Gasteiger partial charge in [0.05, 0.1) is 0 Å². The Kier molecular flexibility index (Phi) is 7.64. The van der Waals surface area contributed by atoms with Gasteiger partial charge in [-0.05, 0) is 18.0 Å². The maximum absolute atomic E-state index is 3.05. The molecule has 1 heteroatoms. The number of unbranched alkanes of at least 4 members (excludes halogenated alkanes) is 4. The minimum atomic E-state index is 0.356. The van der Waals surface area contributed by atoms with E-state index in [0.717, 1.165) is 0 Å². The highest BCUT2D eigenvalue weighted by molar-refractivity contribution is 4.92. The van der Waals surface area contributed by atoms with E-state index in [2.05, 4.69) is 32.2 Å². The van der Waals surface area contributed by atoms with Crippen molar-refractivity contribution in [2.24, 2.45) is 5.41 Å². The van der Waals surface area contributed by atoms with E-state index in [-0.39, 0.29) is 0 Å². The van der Waals surface area contributed by atoms with Crippen molar-refractivity contribution in [3.8, 4) is 0 Å². The molecule has 1 N–H and O–H groups in total. The molecule has 14 heavy (non-hydrogen) atoms. The molecule has 1 nitrogen and oxygen atoms in total. The monoisotopic (exact) mass is 197 g/mol. The molecule has 0 heterocycles. The van der Waals surface area contributed by atoms with E-state index in [1.54, 1.807) is 0 Å². The van der Waals surface area contributed by atoms with Crippen LogP contribution in [0.5, 0.6) is 0 Å². The van der Waals surface area contributed by atoms with Gasteiger partial charge in [0.2, 0.25) is 0 Å². The molecule has 0 aliphatic heterocycles. The molecule has 0 aromatic carbocycles. The summed E-state index contributed by atoms with van der Waals surface area (Å²) in [5.74, 6) is 0. The van der Waals surface area contributed by atoms with Gasteiger partial charge in [-0.1, -0.05) is 59.0 Å². The zero-order valence-corrected chi connectivity index (χ0v) is 10.4. The van der Waals surface area contributed by atoms with Gasteiger partial charge < -0.3 is 5.32 Å². The van der Waals surface area contributed by atoms with Crippen molar-refractivity contribution < 1.29 is 0 Å². The van der Waals surface area contributed by atoms with Gasteiger partial charge in [-0.15, -0.1) is 0 Å². The van der Waals surface area contributed by atoms with Gasteiger partial charge in [0.25, 0.3) is 0 Å². The first-order valence-electron chi connectivity index (χ1n) is 5.97. The van der Waals surface area contributed by atoms with Crippen LogP contribution in [0.2, 0.25) is 0 Å². The SMILES string of the molecule is CCCCCCCC(C)(C)/C=C\NC. The Morgan fingerprint density at radius 3 is 2.29 bits per heavy atom. The molecule has 0 unspecified atom stereocenters. The third-order valence-electron chi connectivity index (χ3n) is 2.63. The molecule has 0 radical (unpaired) electrons. The van der Waals surface area contributed by atoms with E-state index < -0.39 is 0 Å². The molecule has 0 saturated carbocycles. The smallest absolute Gasteiger partial charge is 0.00276 e. The largest absolute Gasteiger partial charge is 0.394 e. The lowest BCUT2D eigenvalue weighted by molar-refractivity contribution is 0.407. The van der Waals surface area contributed by atoms with Crippen LogP contribution in [0.3, 0.4) is 0 Å². The lowest BCUT2D eigenvalue weighted by Crippen LogP contribution is -2.08. The molecule has 0 bridgehead atoms. The van der Waals surface area contributed by atoms with E-state index in [1.807, 2.05) is 13.2 Å². The summed E-state index contributed by atoms with van der Waals surface area (Å²) in [4.78, 5) is 0. The Morgan fingerprint density at radius 1 is 1.07 bits per heavy atom. The Hall–Kier alpha value is -0.460. The van der Waals surface area contributed by atoms with E-state index in [9.17, 15) is 0 Å². The quantitative estimate of drug-likeness (QED) is 0.577. The molecule has 0 fully saturated rings. The predicted octanol–water partition coefficient (Wildman–Crippen LogP) is 4.11. The fourth-order valence-corrected chi connectivity index (χ4v) is 1.58. The summed E-state index contributed by atoms with van der Waals surface area (Å²) in [6.45, 7) is 6.88. The molecule has 0 atom stereocenters. The maximum atomic E-state index is 3.05. The van der Waals surface area contributed by atoms with Crippen LogP contribution in [0.15, 0.2) is 12.3 Å². The number of nitrogens with one attached hydrogen (secondary N) is 1. The van der Waals surface area contributed by atoms with Crippen LogP contribution in [-0.4, -0.2) is 7.05 Å². The fourth-order valence-electron chi connectivity index (χ4n) is 1.58. The van der Waals surface area contributed by atoms with Crippen molar-refractivity contribution in [3.63, 3.8) is 0 Å². The van der Waals surface area contributed by atoms with Crippen molar-refractivity contribution in [1.82, 2.24) is 5.32 Å². The maximum Gasteiger partial charge on any atom is 0.00276 e. The molecule has 0 spiro atoms. The third-order valence-corrected chi connectivity index (χ3v) is 2.63. The van der Waals surface area contributed by atoms with Gasteiger partial charge in [-0.3, -0.25) is 0 Å². The zero-order chi connectivity index (χ0) is 10.9. The highest BCUT2D eigenvalue weighted by Crippen LogP contribution is 2.25. The minimum Gasteiger partial charge on any atom is -0.394 e. The molecule has 0 rings (SSSR count). The lowest BCUT2D eigenvalue weighted by Gasteiger charge is -2.19. The Morgan fingerprint density at radius 2 is 1.71 bits per heavy atom. The second-order valence-corrected chi connectivity index (χ2v) is 4.77. The van der Waals surface area contributed by atoms with Gasteiger partial charge in [-0.25, -0.2) is 0 Å². The molecule has 84 valence electrons. The normalized spacial score (nSPS) is 12.3. The van der Waals surface area contributed by atoms with Gasteiger partial charge >= 0.3 is 0 Å². The summed E-state index contributed by atoms with van der Waals surface area (Å²) in [5, 5.41) is 3.05. The zero-order valence-electron chi connectivity index (χ0n) is 10.4. The van der Waals surface area contributed by atoms with Crippen molar-refractivity contribution in [2.75, 3.05) is 7.05 Å². The molecular weight excluding hydrogens is 170 g/mol. The summed E-state index contributed by atoms with van der Waals surface area (Å²) >= 11 is 0. The first-order chi connectivity index (χ1) is 6.62. The van der Waals surface area contributed by atoms with Crippen LogP contribution in [-0.2, 0) is 0 Å². The summed E-state index contributed by atoms with van der Waals surface area (Å²) in [6.07, 6.45) is 12.5. The Bertz CT molecular complexity index is 147. The lowest BCUT2D eigenvalue weighted by atomic mass is 9.87. The van der Waals surface area contributed by atoms with Crippen LogP contribution in [0, 0.1) is 5.41 Å². The first kappa shape index (κ1) is 13.5. The number of hydrogen-bond donors (Lipinski definition) is 1. The Labute approximate surface area is 90.0 Å². The summed E-state index contributed by atoms with van der Waals surface area (Å²) in [6, 6.07) is 0. The average Bonchev–Trinajstić information content (AvgIpc) is 2.15. The van der Waals surface area contributed by atoms with Crippen LogP contribution in [0.25, 0.3) is 0 Å². The van der Waals surface area contributed by atoms with Crippen LogP contribution in [0.1, 0.15) is 59.3 Å². The van der Waals surface area contributed by atoms with Crippen LogP contribution in [0.4, 0.5) is 0 Å². The van der Waals surface area contributed by atoms with Crippen molar-refractivity contribution in [1.29, 1.82) is 0 Å². The number of allylic oxidation sites excluding steroid dienone is 1. The van der Waals surface area contributed by atoms with E-state index in [0.29, 0.717) is 5.41 Å². The molecule has 0 aliphatic carbocycles. The number of rotatable bonds is 8. The van der Waals surface area contributed by atoms with E-state index in [4.69, 9.17) is 0 Å². The molecule has 0 aliphatic rings. The second-order valence-electron chi connectivity index (χ2n) is 4.77. The average molecular weight is 197 g/mol. The fraction of sp³-hybridized carbons (Fsp3) is 0.846. The van der Waals surface area contributed by atoms with Crippen LogP contribution >= 0.6 is 0 Å². The predicted molar refractivity (Wildman–Crippen MR) is 65.4 cm³/mol. The summed E-state index contributed by atoms with van der Waals surface area (Å²) < 4.78 is 0. The van der Waals surface area contributed by atoms with Crippen molar-refractivity contribution in [2.45, 2.75) is 59.3 Å². The molecule has 0 aromatic heterocycles. The second kappa shape index (κ2) is 7.90. The van der Waals surface area contributed by atoms with Gasteiger partial charge in [0, 0.05) is 7.05 Å². The summed E-state index contributed by atoms with van der Waals surface area (Å²) in [7, 11) is 1.95. The summed E-state index contributed by atoms with van der Waals surface area (Å²) in [5.41, 5.74) is 0.356. The van der Waals surface area contributed by atoms with E-state index >= 15 is 0 Å². The standard InChI is InChI=1S/C13H27N/c1-5-6-7-8-9-10-13(2,3)11-12-14-4/h11-12,14H,5-10H2,1-4H3/b12-11-. The highest BCUT2D eigenvalue weighted by Gasteiger charge is 2.12. The van der Waals surface area contributed by atoms with Gasteiger partial charge in [0.15, 0.2) is 0 Å². The highest BCUT2D eigenvalue weighted by atomic mass is 14.8. The van der Waals surface area contributed by atoms with Gasteiger partial charge in [0.1, 0.15) is 0 Å². The van der Waals surface area contributed by atoms with Crippen molar-refractivity contribution in [3.05, 3.63) is 12.3 Å². The van der Waals surface area contributed by atoms with Crippen molar-refractivity contribution >= 4 is 0 Å². The topological polar surface area (TPSA) is 12.0 Å². The first-order valence-corrected chi connectivity index (χ1v) is 5.97. The molecule has 0 saturated heterocycles. The minimum absolute atomic E-state index is 0.356. The van der Waals surface area contributed by atoms with E-state index in [1.165, 1.54) is 38.5 Å². The molecule has 0 amide bonds. The molecular formula is C13H27N.